The van der Waals surface area contributed by atoms with Gasteiger partial charge < -0.3 is 10.4 Å². The van der Waals surface area contributed by atoms with Gasteiger partial charge in [0.05, 0.1) is 11.8 Å². The molecule has 3 N–H and O–H groups in total. The maximum Gasteiger partial charge on any atom is 0.335 e. The van der Waals surface area contributed by atoms with Crippen LogP contribution < -0.4 is 10.7 Å². The van der Waals surface area contributed by atoms with Gasteiger partial charge in [-0.3, -0.25) is 0 Å². The Balaban J connectivity index is 2.39. The molecule has 1 aliphatic heterocycles. The number of nitrogens with one attached hydrogen (secondary N) is 2. The second-order valence-electron chi connectivity index (χ2n) is 3.32. The largest absolute Gasteiger partial charge is 0.507 e. The van der Waals surface area contributed by atoms with Gasteiger partial charge in [0.15, 0.2) is 0 Å². The number of hydrogen-bond acceptors (Lipinski definition) is 3. The van der Waals surface area contributed by atoms with Crippen molar-refractivity contribution in [2.75, 3.05) is 0 Å². The number of para-hydroxylation sites is 1. The lowest BCUT2D eigenvalue weighted by Gasteiger charge is -2.21. The summed E-state index contributed by atoms with van der Waals surface area (Å²) in [5.74, 6) is 0.154. The third-order valence-electron chi connectivity index (χ3n) is 2.22. The Hall–Kier alpha value is -2.04. The zero-order valence-corrected chi connectivity index (χ0v) is 8.19. The van der Waals surface area contributed by atoms with Crippen LogP contribution in [0.4, 0.5) is 4.79 Å². The first-order chi connectivity index (χ1) is 7.18. The predicted molar refractivity (Wildman–Crippen MR) is 55.8 cm³/mol. The van der Waals surface area contributed by atoms with Crippen molar-refractivity contribution < 1.29 is 9.90 Å². The number of rotatable bonds is 1. The van der Waals surface area contributed by atoms with Gasteiger partial charge in [-0.05, 0) is 19.1 Å². The lowest BCUT2D eigenvalue weighted by molar-refractivity contribution is 0.238. The highest BCUT2D eigenvalue weighted by Crippen LogP contribution is 2.18. The van der Waals surface area contributed by atoms with E-state index in [2.05, 4.69) is 15.8 Å². The Labute approximate surface area is 86.8 Å². The van der Waals surface area contributed by atoms with E-state index in [0.29, 0.717) is 11.3 Å². The molecule has 1 unspecified atom stereocenters. The van der Waals surface area contributed by atoms with Crippen LogP contribution in [0.15, 0.2) is 29.4 Å². The predicted octanol–water partition coefficient (Wildman–Crippen LogP) is 0.798. The highest BCUT2D eigenvalue weighted by Gasteiger charge is 2.21. The second-order valence-corrected chi connectivity index (χ2v) is 3.32. The summed E-state index contributed by atoms with van der Waals surface area (Å²) in [6, 6.07) is 6.33. The molecule has 1 heterocycles. The van der Waals surface area contributed by atoms with Gasteiger partial charge in [0, 0.05) is 5.56 Å². The van der Waals surface area contributed by atoms with Crippen molar-refractivity contribution in [1.29, 1.82) is 0 Å². The molecule has 78 valence electrons. The van der Waals surface area contributed by atoms with Crippen LogP contribution in [-0.4, -0.2) is 22.9 Å². The topological polar surface area (TPSA) is 73.7 Å². The fraction of sp³-hybridized carbons (Fsp3) is 0.200. The zero-order valence-electron chi connectivity index (χ0n) is 8.19. The van der Waals surface area contributed by atoms with E-state index in [1.165, 1.54) is 0 Å². The molecule has 0 fully saturated rings. The number of aromatic hydroxyl groups is 1. The molecular formula is C10H11N3O2. The number of phenols is 1. The number of amides is 2. The van der Waals surface area contributed by atoms with Gasteiger partial charge in [-0.25, -0.2) is 10.2 Å². The average molecular weight is 205 g/mol. The van der Waals surface area contributed by atoms with Crippen molar-refractivity contribution in [3.05, 3.63) is 29.8 Å². The van der Waals surface area contributed by atoms with Gasteiger partial charge in [-0.1, -0.05) is 12.1 Å². The summed E-state index contributed by atoms with van der Waals surface area (Å²) in [6.45, 7) is 1.81. The number of hydrazone groups is 1. The molecule has 0 spiro atoms. The first-order valence-corrected chi connectivity index (χ1v) is 4.61. The quantitative estimate of drug-likeness (QED) is 0.634. The molecule has 0 bridgehead atoms. The van der Waals surface area contributed by atoms with Crippen molar-refractivity contribution in [2.24, 2.45) is 5.10 Å². The molecule has 1 aromatic carbocycles. The van der Waals surface area contributed by atoms with Crippen LogP contribution in [0.1, 0.15) is 12.5 Å². The average Bonchev–Trinajstić information content (AvgIpc) is 2.20. The van der Waals surface area contributed by atoms with E-state index in [1.54, 1.807) is 24.3 Å². The fourth-order valence-corrected chi connectivity index (χ4v) is 1.49. The molecule has 1 aromatic rings. The minimum Gasteiger partial charge on any atom is -0.507 e. The molecule has 0 aromatic heterocycles. The molecule has 0 aliphatic carbocycles. The number of carbonyl (C=O) groups excluding carboxylic acids is 1. The van der Waals surface area contributed by atoms with Gasteiger partial charge in [0.2, 0.25) is 0 Å². The highest BCUT2D eigenvalue weighted by atomic mass is 16.3. The maximum absolute atomic E-state index is 10.9. The minimum atomic E-state index is -0.332. The maximum atomic E-state index is 10.9. The van der Waals surface area contributed by atoms with Crippen molar-refractivity contribution in [3.63, 3.8) is 0 Å². The van der Waals surface area contributed by atoms with E-state index < -0.39 is 0 Å². The Bertz CT molecular complexity index is 428. The monoisotopic (exact) mass is 205 g/mol. The van der Waals surface area contributed by atoms with E-state index in [-0.39, 0.29) is 17.8 Å². The molecule has 1 atom stereocenters. The number of hydrogen-bond donors (Lipinski definition) is 3. The Morgan fingerprint density at radius 2 is 2.13 bits per heavy atom. The summed E-state index contributed by atoms with van der Waals surface area (Å²) in [4.78, 5) is 10.9. The Morgan fingerprint density at radius 3 is 2.80 bits per heavy atom. The second kappa shape index (κ2) is 3.61. The van der Waals surface area contributed by atoms with Crippen molar-refractivity contribution >= 4 is 11.7 Å². The molecule has 2 amide bonds. The summed E-state index contributed by atoms with van der Waals surface area (Å²) in [5.41, 5.74) is 3.56. The minimum absolute atomic E-state index is 0.154. The van der Waals surface area contributed by atoms with E-state index in [4.69, 9.17) is 0 Å². The summed E-state index contributed by atoms with van der Waals surface area (Å²) in [5, 5.41) is 16.2. The van der Waals surface area contributed by atoms with Crippen LogP contribution in [0.25, 0.3) is 0 Å². The van der Waals surface area contributed by atoms with Crippen molar-refractivity contribution in [1.82, 2.24) is 10.7 Å². The lowest BCUT2D eigenvalue weighted by Crippen LogP contribution is -2.48. The van der Waals surface area contributed by atoms with Crippen LogP contribution in [0.2, 0.25) is 0 Å². The van der Waals surface area contributed by atoms with Gasteiger partial charge in [-0.15, -0.1) is 0 Å². The number of urea groups is 1. The SMILES string of the molecule is CC1NC(=O)NN=C1c1ccccc1O. The van der Waals surface area contributed by atoms with Crippen LogP contribution in [0.5, 0.6) is 5.75 Å². The third-order valence-corrected chi connectivity index (χ3v) is 2.22. The summed E-state index contributed by atoms with van der Waals surface area (Å²) in [6.07, 6.45) is 0. The zero-order chi connectivity index (χ0) is 10.8. The summed E-state index contributed by atoms with van der Waals surface area (Å²) >= 11 is 0. The number of carbonyl (C=O) groups is 1. The normalized spacial score (nSPS) is 20.2. The third kappa shape index (κ3) is 1.76. The van der Waals surface area contributed by atoms with E-state index in [9.17, 15) is 9.90 Å². The van der Waals surface area contributed by atoms with Gasteiger partial charge in [0.25, 0.3) is 0 Å². The van der Waals surface area contributed by atoms with Crippen LogP contribution in [0, 0.1) is 0 Å². The molecule has 0 saturated carbocycles. The molecule has 0 saturated heterocycles. The number of benzene rings is 1. The van der Waals surface area contributed by atoms with Gasteiger partial charge >= 0.3 is 6.03 Å². The Morgan fingerprint density at radius 1 is 1.40 bits per heavy atom. The summed E-state index contributed by atoms with van der Waals surface area (Å²) < 4.78 is 0. The van der Waals surface area contributed by atoms with Crippen molar-refractivity contribution in [2.45, 2.75) is 13.0 Å². The molecular weight excluding hydrogens is 194 g/mol. The van der Waals surface area contributed by atoms with Gasteiger partial charge in [0.1, 0.15) is 5.75 Å². The van der Waals surface area contributed by atoms with E-state index in [1.807, 2.05) is 6.92 Å². The highest BCUT2D eigenvalue weighted by molar-refractivity contribution is 6.08. The molecule has 2 rings (SSSR count). The van der Waals surface area contributed by atoms with Crippen LogP contribution >= 0.6 is 0 Å². The number of nitrogens with zero attached hydrogens (tertiary/aromatic N) is 1. The molecule has 15 heavy (non-hydrogen) atoms. The summed E-state index contributed by atoms with van der Waals surface area (Å²) in [7, 11) is 0. The first-order valence-electron chi connectivity index (χ1n) is 4.61. The Kier molecular flexibility index (Phi) is 2.29. The van der Waals surface area contributed by atoms with E-state index in [0.717, 1.165) is 0 Å². The standard InChI is InChI=1S/C10H11N3O2/c1-6-9(12-13-10(15)11-6)7-4-2-3-5-8(7)14/h2-6,14H,1H3,(H2,11,13,15). The molecule has 5 heteroatoms. The van der Waals surface area contributed by atoms with Gasteiger partial charge in [-0.2, -0.15) is 5.10 Å². The van der Waals surface area contributed by atoms with Crippen LogP contribution in [-0.2, 0) is 0 Å². The molecule has 1 aliphatic rings. The number of phenolic OH excluding ortho intramolecular Hbond substituents is 1. The van der Waals surface area contributed by atoms with Crippen molar-refractivity contribution in [3.8, 4) is 5.75 Å². The molecule has 5 nitrogen and oxygen atoms in total. The van der Waals surface area contributed by atoms with E-state index >= 15 is 0 Å². The lowest BCUT2D eigenvalue weighted by atomic mass is 10.0. The fourth-order valence-electron chi connectivity index (χ4n) is 1.49. The van der Waals surface area contributed by atoms with Crippen LogP contribution in [0.3, 0.4) is 0 Å². The smallest absolute Gasteiger partial charge is 0.335 e. The first kappa shape index (κ1) is 9.51. The molecule has 0 radical (unpaired) electrons.